The van der Waals surface area contributed by atoms with Crippen LogP contribution in [0.5, 0.6) is 0 Å². The van der Waals surface area contributed by atoms with E-state index in [-0.39, 0.29) is 5.97 Å². The summed E-state index contributed by atoms with van der Waals surface area (Å²) in [5.41, 5.74) is 2.49. The minimum absolute atomic E-state index is 0.344. The van der Waals surface area contributed by atoms with Gasteiger partial charge in [0.15, 0.2) is 0 Å². The highest BCUT2D eigenvalue weighted by Gasteiger charge is 2.18. The SMILES string of the molecule is COC(=O)c1cc(Cl)cc2c1NCCC2. The number of nitrogens with one attached hydrogen (secondary N) is 1. The standard InChI is InChI=1S/C11H12ClNO2/c1-15-11(14)9-6-8(12)5-7-3-2-4-13-10(7)9/h5-6,13H,2-4H2,1H3. The molecule has 4 heteroatoms. The molecule has 15 heavy (non-hydrogen) atoms. The lowest BCUT2D eigenvalue weighted by atomic mass is 9.99. The van der Waals surface area contributed by atoms with Crippen molar-refractivity contribution < 1.29 is 9.53 Å². The normalized spacial score (nSPS) is 14.0. The van der Waals surface area contributed by atoms with Crippen LogP contribution in [-0.4, -0.2) is 19.6 Å². The smallest absolute Gasteiger partial charge is 0.340 e. The predicted molar refractivity (Wildman–Crippen MR) is 59.6 cm³/mol. The van der Waals surface area contributed by atoms with Gasteiger partial charge in [0.25, 0.3) is 0 Å². The summed E-state index contributed by atoms with van der Waals surface area (Å²) in [7, 11) is 1.37. The lowest BCUT2D eigenvalue weighted by Crippen LogP contribution is -2.16. The number of halogens is 1. The first kappa shape index (κ1) is 10.3. The molecule has 0 aromatic heterocycles. The van der Waals surface area contributed by atoms with Crippen molar-refractivity contribution in [1.82, 2.24) is 0 Å². The van der Waals surface area contributed by atoms with E-state index in [0.29, 0.717) is 10.6 Å². The Labute approximate surface area is 93.4 Å². The van der Waals surface area contributed by atoms with Crippen LogP contribution in [-0.2, 0) is 11.2 Å². The fourth-order valence-electron chi connectivity index (χ4n) is 1.83. The van der Waals surface area contributed by atoms with Crippen molar-refractivity contribution in [1.29, 1.82) is 0 Å². The Morgan fingerprint density at radius 3 is 3.07 bits per heavy atom. The van der Waals surface area contributed by atoms with Crippen LogP contribution in [0, 0.1) is 0 Å². The van der Waals surface area contributed by atoms with Crippen LogP contribution in [0.2, 0.25) is 5.02 Å². The Hall–Kier alpha value is -1.22. The van der Waals surface area contributed by atoms with Gasteiger partial charge in [-0.2, -0.15) is 0 Å². The molecule has 0 spiro atoms. The van der Waals surface area contributed by atoms with E-state index in [2.05, 4.69) is 5.32 Å². The second-order valence-electron chi connectivity index (χ2n) is 3.51. The maximum absolute atomic E-state index is 11.5. The number of methoxy groups -OCH3 is 1. The minimum Gasteiger partial charge on any atom is -0.465 e. The van der Waals surface area contributed by atoms with Gasteiger partial charge >= 0.3 is 5.97 Å². The summed E-state index contributed by atoms with van der Waals surface area (Å²) in [6.07, 6.45) is 2.01. The molecular weight excluding hydrogens is 214 g/mol. The molecule has 1 aliphatic rings. The van der Waals surface area contributed by atoms with E-state index < -0.39 is 0 Å². The number of rotatable bonds is 1. The highest BCUT2D eigenvalue weighted by Crippen LogP contribution is 2.30. The number of esters is 1. The van der Waals surface area contributed by atoms with Crippen molar-refractivity contribution in [3.8, 4) is 0 Å². The van der Waals surface area contributed by atoms with Crippen molar-refractivity contribution in [3.63, 3.8) is 0 Å². The summed E-state index contributed by atoms with van der Waals surface area (Å²) in [5.74, 6) is -0.344. The minimum atomic E-state index is -0.344. The third-order valence-corrected chi connectivity index (χ3v) is 2.73. The van der Waals surface area contributed by atoms with Crippen LogP contribution >= 0.6 is 11.6 Å². The van der Waals surface area contributed by atoms with E-state index in [1.165, 1.54) is 7.11 Å². The maximum atomic E-state index is 11.5. The van der Waals surface area contributed by atoms with Crippen LogP contribution in [0.15, 0.2) is 12.1 Å². The average Bonchev–Trinajstić information content (AvgIpc) is 2.26. The number of anilines is 1. The van der Waals surface area contributed by atoms with Crippen molar-refractivity contribution >= 4 is 23.3 Å². The number of hydrogen-bond acceptors (Lipinski definition) is 3. The molecule has 0 amide bonds. The van der Waals surface area contributed by atoms with Crippen LogP contribution in [0.4, 0.5) is 5.69 Å². The quantitative estimate of drug-likeness (QED) is 0.747. The molecule has 0 fully saturated rings. The molecule has 0 radical (unpaired) electrons. The fraction of sp³-hybridized carbons (Fsp3) is 0.364. The van der Waals surface area contributed by atoms with E-state index in [4.69, 9.17) is 16.3 Å². The zero-order valence-corrected chi connectivity index (χ0v) is 9.23. The topological polar surface area (TPSA) is 38.3 Å². The third kappa shape index (κ3) is 1.92. The van der Waals surface area contributed by atoms with Crippen LogP contribution in [0.3, 0.4) is 0 Å². The molecule has 3 nitrogen and oxygen atoms in total. The Kier molecular flexibility index (Phi) is 2.82. The Morgan fingerprint density at radius 2 is 2.33 bits per heavy atom. The molecule has 0 atom stereocenters. The van der Waals surface area contributed by atoms with Crippen molar-refractivity contribution in [2.45, 2.75) is 12.8 Å². The van der Waals surface area contributed by atoms with Gasteiger partial charge in [-0.05, 0) is 30.5 Å². The molecule has 0 bridgehead atoms. The molecule has 0 unspecified atom stereocenters. The van der Waals surface area contributed by atoms with Gasteiger partial charge < -0.3 is 10.1 Å². The first-order valence-electron chi connectivity index (χ1n) is 4.87. The summed E-state index contributed by atoms with van der Waals surface area (Å²) in [5, 5.41) is 3.80. The summed E-state index contributed by atoms with van der Waals surface area (Å²) < 4.78 is 4.72. The van der Waals surface area contributed by atoms with E-state index in [9.17, 15) is 4.79 Å². The van der Waals surface area contributed by atoms with Gasteiger partial charge in [0.05, 0.1) is 18.4 Å². The number of aryl methyl sites for hydroxylation is 1. The largest absolute Gasteiger partial charge is 0.465 e. The summed E-state index contributed by atoms with van der Waals surface area (Å²) in [6.45, 7) is 0.888. The number of hydrogen-bond donors (Lipinski definition) is 1. The van der Waals surface area contributed by atoms with E-state index >= 15 is 0 Å². The molecular formula is C11H12ClNO2. The van der Waals surface area contributed by atoms with Gasteiger partial charge in [0, 0.05) is 11.6 Å². The predicted octanol–water partition coefficient (Wildman–Crippen LogP) is 2.48. The van der Waals surface area contributed by atoms with E-state index in [1.807, 2.05) is 6.07 Å². The zero-order valence-electron chi connectivity index (χ0n) is 8.47. The van der Waals surface area contributed by atoms with Gasteiger partial charge in [0.2, 0.25) is 0 Å². The van der Waals surface area contributed by atoms with E-state index in [1.54, 1.807) is 6.07 Å². The lowest BCUT2D eigenvalue weighted by molar-refractivity contribution is 0.0601. The number of ether oxygens (including phenoxy) is 1. The van der Waals surface area contributed by atoms with Gasteiger partial charge in [-0.1, -0.05) is 11.6 Å². The molecule has 2 rings (SSSR count). The molecule has 1 aromatic rings. The summed E-state index contributed by atoms with van der Waals surface area (Å²) >= 11 is 5.95. The maximum Gasteiger partial charge on any atom is 0.340 e. The number of fused-ring (bicyclic) bond motifs is 1. The van der Waals surface area contributed by atoms with Crippen molar-refractivity contribution in [2.75, 3.05) is 19.0 Å². The van der Waals surface area contributed by atoms with Gasteiger partial charge in [-0.25, -0.2) is 4.79 Å². The van der Waals surface area contributed by atoms with Crippen LogP contribution in [0.25, 0.3) is 0 Å². The fourth-order valence-corrected chi connectivity index (χ4v) is 2.07. The first-order chi connectivity index (χ1) is 7.22. The van der Waals surface area contributed by atoms with Gasteiger partial charge in [0.1, 0.15) is 0 Å². The average molecular weight is 226 g/mol. The van der Waals surface area contributed by atoms with Gasteiger partial charge in [-0.3, -0.25) is 0 Å². The molecule has 1 aliphatic heterocycles. The van der Waals surface area contributed by atoms with Gasteiger partial charge in [-0.15, -0.1) is 0 Å². The molecule has 0 saturated heterocycles. The second kappa shape index (κ2) is 4.11. The summed E-state index contributed by atoms with van der Waals surface area (Å²) in [6, 6.07) is 3.54. The second-order valence-corrected chi connectivity index (χ2v) is 3.95. The highest BCUT2D eigenvalue weighted by molar-refractivity contribution is 6.31. The first-order valence-corrected chi connectivity index (χ1v) is 5.25. The monoisotopic (exact) mass is 225 g/mol. The molecule has 1 heterocycles. The van der Waals surface area contributed by atoms with Crippen molar-refractivity contribution in [3.05, 3.63) is 28.3 Å². The Balaban J connectivity index is 2.52. The molecule has 0 aliphatic carbocycles. The van der Waals surface area contributed by atoms with Crippen molar-refractivity contribution in [2.24, 2.45) is 0 Å². The summed E-state index contributed by atoms with van der Waals surface area (Å²) in [4.78, 5) is 11.5. The third-order valence-electron chi connectivity index (χ3n) is 2.51. The number of carbonyl (C=O) groups excluding carboxylic acids is 1. The highest BCUT2D eigenvalue weighted by atomic mass is 35.5. The Bertz CT molecular complexity index is 404. The molecule has 80 valence electrons. The Morgan fingerprint density at radius 1 is 1.53 bits per heavy atom. The number of benzene rings is 1. The number of carbonyl (C=O) groups is 1. The molecule has 1 aromatic carbocycles. The van der Waals surface area contributed by atoms with Crippen LogP contribution < -0.4 is 5.32 Å². The van der Waals surface area contributed by atoms with E-state index in [0.717, 1.165) is 30.6 Å². The van der Waals surface area contributed by atoms with Crippen LogP contribution in [0.1, 0.15) is 22.3 Å². The zero-order chi connectivity index (χ0) is 10.8. The lowest BCUT2D eigenvalue weighted by Gasteiger charge is -2.20. The molecule has 1 N–H and O–H groups in total. The molecule has 0 saturated carbocycles.